The first-order chi connectivity index (χ1) is 10.9. The van der Waals surface area contributed by atoms with E-state index in [1.165, 1.54) is 24.8 Å². The van der Waals surface area contributed by atoms with E-state index in [0.717, 1.165) is 31.6 Å². The first-order valence-corrected chi connectivity index (χ1v) is 9.53. The van der Waals surface area contributed by atoms with Crippen LogP contribution in [0.15, 0.2) is 11.6 Å². The van der Waals surface area contributed by atoms with Crippen LogP contribution in [0, 0.1) is 34.5 Å². The van der Waals surface area contributed by atoms with E-state index >= 15 is 0 Å². The molecule has 0 bridgehead atoms. The smallest absolute Gasteiger partial charge is 0.160 e. The van der Waals surface area contributed by atoms with Gasteiger partial charge in [-0.3, -0.25) is 4.79 Å². The number of rotatable bonds is 1. The average molecular weight is 317 g/mol. The molecule has 3 saturated carbocycles. The van der Waals surface area contributed by atoms with Crippen LogP contribution >= 0.6 is 0 Å². The second kappa shape index (κ2) is 5.16. The lowest BCUT2D eigenvalue weighted by molar-refractivity contribution is -0.122. The van der Waals surface area contributed by atoms with Crippen molar-refractivity contribution in [3.63, 3.8) is 0 Å². The van der Waals surface area contributed by atoms with Gasteiger partial charge in [-0.2, -0.15) is 0 Å². The van der Waals surface area contributed by atoms with Gasteiger partial charge in [-0.15, -0.1) is 0 Å². The van der Waals surface area contributed by atoms with Gasteiger partial charge >= 0.3 is 0 Å². The number of ketones is 1. The van der Waals surface area contributed by atoms with Crippen molar-refractivity contribution < 1.29 is 9.90 Å². The summed E-state index contributed by atoms with van der Waals surface area (Å²) >= 11 is 0. The van der Waals surface area contributed by atoms with Crippen molar-refractivity contribution in [3.05, 3.63) is 11.6 Å². The topological polar surface area (TPSA) is 63.3 Å². The molecule has 0 radical (unpaired) electrons. The Bertz CT molecular complexity index is 556. The highest BCUT2D eigenvalue weighted by Gasteiger charge is 2.59. The van der Waals surface area contributed by atoms with E-state index in [0.29, 0.717) is 18.4 Å². The summed E-state index contributed by atoms with van der Waals surface area (Å²) in [6.07, 6.45) is 9.58. The summed E-state index contributed by atoms with van der Waals surface area (Å²) < 4.78 is 0. The third-order valence-corrected chi connectivity index (χ3v) is 8.36. The van der Waals surface area contributed by atoms with Crippen molar-refractivity contribution in [1.82, 2.24) is 0 Å². The molecule has 3 N–H and O–H groups in total. The van der Waals surface area contributed by atoms with Crippen LogP contribution in [0.3, 0.4) is 0 Å². The van der Waals surface area contributed by atoms with Gasteiger partial charge in [0.15, 0.2) is 5.78 Å². The maximum absolute atomic E-state index is 12.3. The summed E-state index contributed by atoms with van der Waals surface area (Å²) in [6.45, 7) is 5.21. The number of aliphatic hydroxyl groups excluding tert-OH is 1. The molecule has 4 aliphatic carbocycles. The van der Waals surface area contributed by atoms with Crippen LogP contribution in [0.25, 0.3) is 0 Å². The quantitative estimate of drug-likeness (QED) is 0.781. The molecule has 3 fully saturated rings. The van der Waals surface area contributed by atoms with Crippen molar-refractivity contribution in [2.75, 3.05) is 6.54 Å². The number of carbonyl (C=O) groups is 1. The minimum absolute atomic E-state index is 0.0185. The van der Waals surface area contributed by atoms with Gasteiger partial charge < -0.3 is 10.8 Å². The van der Waals surface area contributed by atoms with Crippen LogP contribution in [0.4, 0.5) is 0 Å². The summed E-state index contributed by atoms with van der Waals surface area (Å²) in [4.78, 5) is 12.3. The molecular weight excluding hydrogens is 286 g/mol. The Morgan fingerprint density at radius 1 is 1.22 bits per heavy atom. The van der Waals surface area contributed by atoms with Gasteiger partial charge in [0.05, 0.1) is 6.10 Å². The predicted octanol–water partition coefficient (Wildman–Crippen LogP) is 3.06. The molecule has 7 atom stereocenters. The zero-order chi connectivity index (χ0) is 16.4. The third-order valence-electron chi connectivity index (χ3n) is 8.36. The molecule has 0 spiro atoms. The van der Waals surface area contributed by atoms with Gasteiger partial charge in [-0.05, 0) is 79.6 Å². The van der Waals surface area contributed by atoms with E-state index in [4.69, 9.17) is 5.73 Å². The first-order valence-electron chi connectivity index (χ1n) is 9.53. The lowest BCUT2D eigenvalue weighted by Gasteiger charge is -2.58. The van der Waals surface area contributed by atoms with E-state index in [1.54, 1.807) is 0 Å². The molecule has 1 unspecified atom stereocenters. The van der Waals surface area contributed by atoms with Gasteiger partial charge in [-0.1, -0.05) is 19.4 Å². The summed E-state index contributed by atoms with van der Waals surface area (Å²) in [5.74, 6) is 2.34. The monoisotopic (exact) mass is 317 g/mol. The fourth-order valence-corrected chi connectivity index (χ4v) is 6.92. The Morgan fingerprint density at radius 2 is 2.00 bits per heavy atom. The Labute approximate surface area is 139 Å². The SMILES string of the molecule is C[C@]12CC[C@H]3[C@@H](CCC4=CC(=O)C(CN)C[C@@]43C)[C@@H]1CC[C@@H]2O. The Balaban J connectivity index is 1.68. The van der Waals surface area contributed by atoms with Crippen LogP contribution in [0.2, 0.25) is 0 Å². The Hall–Kier alpha value is -0.670. The lowest BCUT2D eigenvalue weighted by atomic mass is 9.46. The van der Waals surface area contributed by atoms with Crippen molar-refractivity contribution in [2.24, 2.45) is 40.2 Å². The van der Waals surface area contributed by atoms with Gasteiger partial charge in [0, 0.05) is 12.5 Å². The molecular formula is C20H31NO2. The van der Waals surface area contributed by atoms with Crippen LogP contribution < -0.4 is 5.73 Å². The van der Waals surface area contributed by atoms with Crippen LogP contribution in [0.1, 0.15) is 58.8 Å². The summed E-state index contributed by atoms with van der Waals surface area (Å²) in [5, 5.41) is 10.5. The minimum atomic E-state index is -0.108. The second-order valence-electron chi connectivity index (χ2n) is 9.18. The number of hydrogen-bond donors (Lipinski definition) is 2. The highest BCUT2D eigenvalue weighted by molar-refractivity contribution is 5.94. The number of fused-ring (bicyclic) bond motifs is 5. The average Bonchev–Trinajstić information content (AvgIpc) is 2.83. The Morgan fingerprint density at radius 3 is 2.74 bits per heavy atom. The first kappa shape index (κ1) is 15.8. The molecule has 0 saturated heterocycles. The van der Waals surface area contributed by atoms with Crippen molar-refractivity contribution in [3.8, 4) is 0 Å². The minimum Gasteiger partial charge on any atom is -0.393 e. The van der Waals surface area contributed by atoms with E-state index in [9.17, 15) is 9.90 Å². The zero-order valence-corrected chi connectivity index (χ0v) is 14.6. The van der Waals surface area contributed by atoms with E-state index < -0.39 is 0 Å². The molecule has 0 aromatic heterocycles. The fraction of sp³-hybridized carbons (Fsp3) is 0.850. The molecule has 128 valence electrons. The van der Waals surface area contributed by atoms with Gasteiger partial charge in [0.2, 0.25) is 0 Å². The van der Waals surface area contributed by atoms with Crippen LogP contribution in [-0.2, 0) is 4.79 Å². The number of nitrogens with two attached hydrogens (primary N) is 1. The number of carbonyl (C=O) groups excluding carboxylic acids is 1. The van der Waals surface area contributed by atoms with Gasteiger partial charge in [-0.25, -0.2) is 0 Å². The molecule has 0 aliphatic heterocycles. The maximum atomic E-state index is 12.3. The standard InChI is InChI=1S/C20H31NO2/c1-19-8-7-16-14(15(19)5-6-18(19)23)4-3-13-9-17(22)12(11-21)10-20(13,16)2/h9,12,14-16,18,23H,3-8,10-11,21H2,1-2H3/t12?,14-,15-,16-,18-,19-,20-/m0/s1. The van der Waals surface area contributed by atoms with Crippen molar-refractivity contribution in [2.45, 2.75) is 64.9 Å². The number of hydrogen-bond acceptors (Lipinski definition) is 3. The fourth-order valence-electron chi connectivity index (χ4n) is 6.92. The zero-order valence-electron chi connectivity index (χ0n) is 14.6. The lowest BCUT2D eigenvalue weighted by Crippen LogP contribution is -2.52. The molecule has 4 rings (SSSR count). The van der Waals surface area contributed by atoms with Crippen LogP contribution in [0.5, 0.6) is 0 Å². The highest BCUT2D eigenvalue weighted by atomic mass is 16.3. The van der Waals surface area contributed by atoms with E-state index in [1.807, 2.05) is 6.08 Å². The molecule has 4 aliphatic rings. The largest absolute Gasteiger partial charge is 0.393 e. The normalized spacial score (nSPS) is 52.4. The molecule has 3 heteroatoms. The van der Waals surface area contributed by atoms with E-state index in [2.05, 4.69) is 13.8 Å². The predicted molar refractivity (Wildman–Crippen MR) is 90.6 cm³/mol. The maximum Gasteiger partial charge on any atom is 0.160 e. The molecule has 23 heavy (non-hydrogen) atoms. The van der Waals surface area contributed by atoms with Crippen molar-refractivity contribution >= 4 is 5.78 Å². The third kappa shape index (κ3) is 2.05. The summed E-state index contributed by atoms with van der Waals surface area (Å²) in [7, 11) is 0. The van der Waals surface area contributed by atoms with Crippen LogP contribution in [-0.4, -0.2) is 23.5 Å². The van der Waals surface area contributed by atoms with Gasteiger partial charge in [0.1, 0.15) is 0 Å². The molecule has 0 amide bonds. The summed E-state index contributed by atoms with van der Waals surface area (Å²) in [6, 6.07) is 0. The Kier molecular flexibility index (Phi) is 3.55. The highest BCUT2D eigenvalue weighted by Crippen LogP contribution is 2.65. The van der Waals surface area contributed by atoms with Crippen molar-refractivity contribution in [1.29, 1.82) is 0 Å². The second-order valence-corrected chi connectivity index (χ2v) is 9.18. The number of aliphatic hydroxyl groups is 1. The van der Waals surface area contributed by atoms with E-state index in [-0.39, 0.29) is 28.6 Å². The number of allylic oxidation sites excluding steroid dienone is 1. The molecule has 0 aromatic rings. The molecule has 0 heterocycles. The summed E-state index contributed by atoms with van der Waals surface area (Å²) in [5.41, 5.74) is 7.58. The van der Waals surface area contributed by atoms with Gasteiger partial charge in [0.25, 0.3) is 0 Å². The molecule has 3 nitrogen and oxygen atoms in total. The molecule has 0 aromatic carbocycles.